The minimum atomic E-state index is -0.0239. The van der Waals surface area contributed by atoms with E-state index in [2.05, 4.69) is 22.1 Å². The monoisotopic (exact) mass is 265 g/mol. The van der Waals surface area contributed by atoms with Crippen LogP contribution in [0.5, 0.6) is 0 Å². The van der Waals surface area contributed by atoms with Gasteiger partial charge in [0, 0.05) is 19.1 Å². The van der Waals surface area contributed by atoms with Crippen LogP contribution in [0.15, 0.2) is 12.7 Å². The minimum absolute atomic E-state index is 0.0239. The van der Waals surface area contributed by atoms with Gasteiger partial charge in [0.1, 0.15) is 0 Å². The van der Waals surface area contributed by atoms with E-state index in [1.807, 2.05) is 6.92 Å². The number of carbonyl (C=O) groups is 1. The maximum atomic E-state index is 12.0. The van der Waals surface area contributed by atoms with Gasteiger partial charge in [-0.1, -0.05) is 6.08 Å². The third kappa shape index (κ3) is 3.80. The van der Waals surface area contributed by atoms with Crippen molar-refractivity contribution < 1.29 is 4.79 Å². The van der Waals surface area contributed by atoms with Crippen molar-refractivity contribution in [3.8, 4) is 0 Å². The van der Waals surface area contributed by atoms with E-state index in [-0.39, 0.29) is 11.9 Å². The topological polar surface area (TPSA) is 44.4 Å². The van der Waals surface area contributed by atoms with Gasteiger partial charge in [0.2, 0.25) is 5.91 Å². The van der Waals surface area contributed by atoms with Gasteiger partial charge in [-0.3, -0.25) is 9.69 Å². The quantitative estimate of drug-likeness (QED) is 0.733. The van der Waals surface area contributed by atoms with Gasteiger partial charge in [-0.25, -0.2) is 0 Å². The summed E-state index contributed by atoms with van der Waals surface area (Å²) in [5.41, 5.74) is 0. The first-order valence-electron chi connectivity index (χ1n) is 7.58. The van der Waals surface area contributed by atoms with Gasteiger partial charge in [-0.15, -0.1) is 6.58 Å². The van der Waals surface area contributed by atoms with Crippen LogP contribution in [0.4, 0.5) is 0 Å². The van der Waals surface area contributed by atoms with E-state index >= 15 is 0 Å². The maximum absolute atomic E-state index is 12.0. The first-order chi connectivity index (χ1) is 9.22. The number of amides is 1. The molecule has 4 nitrogen and oxygen atoms in total. The van der Waals surface area contributed by atoms with Crippen molar-refractivity contribution in [2.24, 2.45) is 5.92 Å². The van der Waals surface area contributed by atoms with Crippen molar-refractivity contribution in [2.75, 3.05) is 26.2 Å². The Morgan fingerprint density at radius 2 is 2.37 bits per heavy atom. The standard InChI is InChI=1S/C15H27N3O/c1-3-8-17-15(19)12(2)18-10-5-6-13(11-18)14-7-4-9-16-14/h3,12-14,16H,1,4-11H2,2H3,(H,17,19). The molecule has 3 atom stereocenters. The van der Waals surface area contributed by atoms with Crippen LogP contribution in [-0.2, 0) is 4.79 Å². The zero-order valence-corrected chi connectivity index (χ0v) is 12.0. The zero-order chi connectivity index (χ0) is 13.7. The fourth-order valence-electron chi connectivity index (χ4n) is 3.32. The van der Waals surface area contributed by atoms with Crippen molar-refractivity contribution in [3.63, 3.8) is 0 Å². The van der Waals surface area contributed by atoms with E-state index in [0.717, 1.165) is 19.6 Å². The summed E-state index contributed by atoms with van der Waals surface area (Å²) in [4.78, 5) is 14.4. The Kier molecular flexibility index (Phi) is 5.40. The third-order valence-electron chi connectivity index (χ3n) is 4.50. The van der Waals surface area contributed by atoms with Gasteiger partial charge in [-0.2, -0.15) is 0 Å². The molecule has 0 spiro atoms. The number of hydrogen-bond donors (Lipinski definition) is 2. The van der Waals surface area contributed by atoms with Gasteiger partial charge in [0.05, 0.1) is 6.04 Å². The molecule has 0 aromatic rings. The third-order valence-corrected chi connectivity index (χ3v) is 4.50. The van der Waals surface area contributed by atoms with Crippen LogP contribution < -0.4 is 10.6 Å². The fraction of sp³-hybridized carbons (Fsp3) is 0.800. The molecule has 0 aromatic carbocycles. The number of piperidine rings is 1. The normalized spacial score (nSPS) is 29.9. The lowest BCUT2D eigenvalue weighted by atomic mass is 9.89. The number of likely N-dealkylation sites (tertiary alicyclic amines) is 1. The van der Waals surface area contributed by atoms with E-state index in [1.54, 1.807) is 6.08 Å². The molecule has 2 fully saturated rings. The molecular formula is C15H27N3O. The first kappa shape index (κ1) is 14.5. The van der Waals surface area contributed by atoms with Crippen molar-refractivity contribution in [2.45, 2.75) is 44.7 Å². The van der Waals surface area contributed by atoms with Crippen molar-refractivity contribution in [1.82, 2.24) is 15.5 Å². The Bertz CT molecular complexity index is 313. The zero-order valence-electron chi connectivity index (χ0n) is 12.0. The number of hydrogen-bond acceptors (Lipinski definition) is 3. The van der Waals surface area contributed by atoms with Crippen LogP contribution in [0.25, 0.3) is 0 Å². The lowest BCUT2D eigenvalue weighted by Gasteiger charge is -2.38. The molecule has 19 heavy (non-hydrogen) atoms. The molecule has 2 N–H and O–H groups in total. The van der Waals surface area contributed by atoms with Gasteiger partial charge < -0.3 is 10.6 Å². The predicted octanol–water partition coefficient (Wildman–Crippen LogP) is 1.14. The summed E-state index contributed by atoms with van der Waals surface area (Å²) in [7, 11) is 0. The SMILES string of the molecule is C=CCNC(=O)C(C)N1CCCC(C2CCCN2)C1. The average molecular weight is 265 g/mol. The van der Waals surface area contributed by atoms with E-state index in [9.17, 15) is 4.79 Å². The summed E-state index contributed by atoms with van der Waals surface area (Å²) in [5.74, 6) is 0.839. The second kappa shape index (κ2) is 7.06. The summed E-state index contributed by atoms with van der Waals surface area (Å²) in [5, 5.41) is 6.51. The molecule has 1 amide bonds. The molecule has 0 saturated carbocycles. The average Bonchev–Trinajstić information content (AvgIpc) is 2.98. The van der Waals surface area contributed by atoms with Crippen molar-refractivity contribution in [3.05, 3.63) is 12.7 Å². The maximum Gasteiger partial charge on any atom is 0.237 e. The van der Waals surface area contributed by atoms with Crippen LogP contribution in [0.1, 0.15) is 32.6 Å². The van der Waals surface area contributed by atoms with Crippen LogP contribution in [0.3, 0.4) is 0 Å². The first-order valence-corrected chi connectivity index (χ1v) is 7.58. The highest BCUT2D eigenvalue weighted by Gasteiger charge is 2.32. The largest absolute Gasteiger partial charge is 0.351 e. The van der Waals surface area contributed by atoms with Gasteiger partial charge >= 0.3 is 0 Å². The molecule has 0 aromatic heterocycles. The van der Waals surface area contributed by atoms with Crippen molar-refractivity contribution >= 4 is 5.91 Å². The molecule has 2 aliphatic heterocycles. The van der Waals surface area contributed by atoms with Crippen LogP contribution in [0.2, 0.25) is 0 Å². The predicted molar refractivity (Wildman–Crippen MR) is 78.0 cm³/mol. The van der Waals surface area contributed by atoms with Crippen LogP contribution >= 0.6 is 0 Å². The Hall–Kier alpha value is -0.870. The van der Waals surface area contributed by atoms with Gasteiger partial charge in [0.25, 0.3) is 0 Å². The Labute approximate surface area is 116 Å². The molecule has 2 aliphatic rings. The molecule has 0 radical (unpaired) electrons. The second-order valence-electron chi connectivity index (χ2n) is 5.81. The smallest absolute Gasteiger partial charge is 0.237 e. The molecule has 2 saturated heterocycles. The molecule has 4 heteroatoms. The fourth-order valence-corrected chi connectivity index (χ4v) is 3.32. The summed E-state index contributed by atoms with van der Waals surface area (Å²) < 4.78 is 0. The number of nitrogens with one attached hydrogen (secondary N) is 2. The summed E-state index contributed by atoms with van der Waals surface area (Å²) >= 11 is 0. The molecule has 0 bridgehead atoms. The van der Waals surface area contributed by atoms with Crippen molar-refractivity contribution in [1.29, 1.82) is 0 Å². The second-order valence-corrected chi connectivity index (χ2v) is 5.81. The van der Waals surface area contributed by atoms with Crippen LogP contribution in [0, 0.1) is 5.92 Å². The van der Waals surface area contributed by atoms with E-state index in [0.29, 0.717) is 18.5 Å². The molecule has 2 rings (SSSR count). The van der Waals surface area contributed by atoms with Gasteiger partial charge in [-0.05, 0) is 51.6 Å². The molecule has 108 valence electrons. The van der Waals surface area contributed by atoms with E-state index in [1.165, 1.54) is 25.7 Å². The highest BCUT2D eigenvalue weighted by Crippen LogP contribution is 2.25. The number of nitrogens with zero attached hydrogens (tertiary/aromatic N) is 1. The Morgan fingerprint density at radius 1 is 1.53 bits per heavy atom. The lowest BCUT2D eigenvalue weighted by molar-refractivity contribution is -0.126. The highest BCUT2D eigenvalue weighted by molar-refractivity contribution is 5.81. The molecule has 3 unspecified atom stereocenters. The minimum Gasteiger partial charge on any atom is -0.351 e. The number of carbonyl (C=O) groups excluding carboxylic acids is 1. The number of rotatable bonds is 5. The summed E-state index contributed by atoms with van der Waals surface area (Å²) in [6.45, 7) is 9.48. The summed E-state index contributed by atoms with van der Waals surface area (Å²) in [6, 6.07) is 0.649. The Morgan fingerprint density at radius 3 is 3.05 bits per heavy atom. The van der Waals surface area contributed by atoms with E-state index in [4.69, 9.17) is 0 Å². The lowest BCUT2D eigenvalue weighted by Crippen LogP contribution is -2.51. The molecular weight excluding hydrogens is 238 g/mol. The summed E-state index contributed by atoms with van der Waals surface area (Å²) in [6.07, 6.45) is 6.84. The molecule has 2 heterocycles. The van der Waals surface area contributed by atoms with E-state index < -0.39 is 0 Å². The van der Waals surface area contributed by atoms with Crippen LogP contribution in [-0.4, -0.2) is 49.1 Å². The van der Waals surface area contributed by atoms with Gasteiger partial charge in [0.15, 0.2) is 0 Å². The Balaban J connectivity index is 1.85. The molecule has 0 aliphatic carbocycles. The highest BCUT2D eigenvalue weighted by atomic mass is 16.2.